The molecule has 2 fully saturated rings. The number of hydrogen-bond acceptors (Lipinski definition) is 3. The minimum atomic E-state index is -4.50. The summed E-state index contributed by atoms with van der Waals surface area (Å²) < 4.78 is 51.8. The summed E-state index contributed by atoms with van der Waals surface area (Å²) in [6.45, 7) is 2.96. The van der Waals surface area contributed by atoms with Crippen LogP contribution in [0.4, 0.5) is 13.2 Å². The summed E-state index contributed by atoms with van der Waals surface area (Å²) in [6, 6.07) is 8.19. The molecule has 3 rings (SSSR count). The van der Waals surface area contributed by atoms with E-state index in [0.717, 1.165) is 63.7 Å². The van der Waals surface area contributed by atoms with Crippen molar-refractivity contribution in [2.75, 3.05) is 6.61 Å². The standard InChI is InChI=1S/C30H45F3O3/c1-2-3-4-5-6-10-21-35-27-19-17-25(18-20-27)24-13-15-26(16-14-24)29(34)36-28(30(31,32)33)22-23-11-8-7-9-12-23/h17-20,23-24,26,28H,2-16,21-22H2,1H3. The average molecular weight is 511 g/mol. The molecule has 36 heavy (non-hydrogen) atoms. The largest absolute Gasteiger partial charge is 0.494 e. The highest BCUT2D eigenvalue weighted by molar-refractivity contribution is 5.72. The van der Waals surface area contributed by atoms with E-state index >= 15 is 0 Å². The van der Waals surface area contributed by atoms with E-state index in [2.05, 4.69) is 19.1 Å². The fourth-order valence-corrected chi connectivity index (χ4v) is 5.78. The lowest BCUT2D eigenvalue weighted by Crippen LogP contribution is -2.38. The van der Waals surface area contributed by atoms with Crippen molar-refractivity contribution in [2.45, 2.75) is 128 Å². The van der Waals surface area contributed by atoms with Gasteiger partial charge in [0.05, 0.1) is 12.5 Å². The first-order valence-electron chi connectivity index (χ1n) is 14.4. The molecule has 3 nitrogen and oxygen atoms in total. The maximum absolute atomic E-state index is 13.6. The molecule has 0 aromatic heterocycles. The molecule has 0 bridgehead atoms. The Morgan fingerprint density at radius 3 is 2.17 bits per heavy atom. The van der Waals surface area contributed by atoms with E-state index in [1.807, 2.05) is 12.1 Å². The van der Waals surface area contributed by atoms with Crippen LogP contribution in [0.25, 0.3) is 0 Å². The van der Waals surface area contributed by atoms with E-state index in [9.17, 15) is 18.0 Å². The Bertz CT molecular complexity index is 748. The van der Waals surface area contributed by atoms with E-state index in [0.29, 0.717) is 18.8 Å². The zero-order chi connectivity index (χ0) is 25.8. The lowest BCUT2D eigenvalue weighted by atomic mass is 9.78. The SMILES string of the molecule is CCCCCCCCOc1ccc(C2CCC(C(=O)OC(CC3CCCCC3)C(F)(F)F)CC2)cc1. The smallest absolute Gasteiger partial charge is 0.425 e. The molecule has 1 aromatic rings. The molecule has 2 aliphatic carbocycles. The Balaban J connectivity index is 1.40. The third-order valence-electron chi connectivity index (χ3n) is 8.07. The minimum absolute atomic E-state index is 0.00616. The zero-order valence-electron chi connectivity index (χ0n) is 22.0. The molecule has 2 aliphatic rings. The van der Waals surface area contributed by atoms with Gasteiger partial charge in [0.15, 0.2) is 6.10 Å². The van der Waals surface area contributed by atoms with Gasteiger partial charge in [0.1, 0.15) is 5.75 Å². The van der Waals surface area contributed by atoms with Crippen LogP contribution in [-0.2, 0) is 9.53 Å². The summed E-state index contributed by atoms with van der Waals surface area (Å²) in [6.07, 6.45) is 8.23. The van der Waals surface area contributed by atoms with E-state index < -0.39 is 24.2 Å². The van der Waals surface area contributed by atoms with Crippen LogP contribution in [-0.4, -0.2) is 24.9 Å². The fourth-order valence-electron chi connectivity index (χ4n) is 5.78. The molecule has 0 radical (unpaired) electrons. The summed E-state index contributed by atoms with van der Waals surface area (Å²) in [7, 11) is 0. The summed E-state index contributed by atoms with van der Waals surface area (Å²) in [5, 5.41) is 0. The van der Waals surface area contributed by atoms with Gasteiger partial charge in [0.2, 0.25) is 0 Å². The van der Waals surface area contributed by atoms with E-state index in [4.69, 9.17) is 9.47 Å². The molecule has 0 N–H and O–H groups in total. The lowest BCUT2D eigenvalue weighted by molar-refractivity contribution is -0.228. The predicted molar refractivity (Wildman–Crippen MR) is 137 cm³/mol. The number of esters is 1. The van der Waals surface area contributed by atoms with Crippen LogP contribution >= 0.6 is 0 Å². The van der Waals surface area contributed by atoms with Crippen molar-refractivity contribution in [3.05, 3.63) is 29.8 Å². The highest BCUT2D eigenvalue weighted by Gasteiger charge is 2.45. The minimum Gasteiger partial charge on any atom is -0.494 e. The van der Waals surface area contributed by atoms with Gasteiger partial charge in [0.25, 0.3) is 0 Å². The fraction of sp³-hybridized carbons (Fsp3) is 0.767. The van der Waals surface area contributed by atoms with Gasteiger partial charge in [-0.1, -0.05) is 83.3 Å². The van der Waals surface area contributed by atoms with Crippen LogP contribution in [0.3, 0.4) is 0 Å². The number of hydrogen-bond donors (Lipinski definition) is 0. The Morgan fingerprint density at radius 2 is 1.53 bits per heavy atom. The van der Waals surface area contributed by atoms with Crippen molar-refractivity contribution >= 4 is 5.97 Å². The molecule has 1 unspecified atom stereocenters. The van der Waals surface area contributed by atoms with Crippen LogP contribution in [0.15, 0.2) is 24.3 Å². The van der Waals surface area contributed by atoms with Gasteiger partial charge in [-0.05, 0) is 68.1 Å². The lowest BCUT2D eigenvalue weighted by Gasteiger charge is -2.31. The molecule has 1 aromatic carbocycles. The molecule has 1 atom stereocenters. The summed E-state index contributed by atoms with van der Waals surface area (Å²) >= 11 is 0. The van der Waals surface area contributed by atoms with Crippen LogP contribution in [0.2, 0.25) is 0 Å². The number of unbranched alkanes of at least 4 members (excludes halogenated alkanes) is 5. The number of carbonyl (C=O) groups excluding carboxylic acids is 1. The van der Waals surface area contributed by atoms with Gasteiger partial charge in [-0.2, -0.15) is 13.2 Å². The first-order chi connectivity index (χ1) is 17.4. The van der Waals surface area contributed by atoms with E-state index in [-0.39, 0.29) is 12.3 Å². The van der Waals surface area contributed by atoms with Gasteiger partial charge >= 0.3 is 12.1 Å². The molecular formula is C30H45F3O3. The van der Waals surface area contributed by atoms with Gasteiger partial charge in [0, 0.05) is 0 Å². The van der Waals surface area contributed by atoms with Crippen molar-refractivity contribution < 1.29 is 27.4 Å². The van der Waals surface area contributed by atoms with Gasteiger partial charge in [-0.15, -0.1) is 0 Å². The second kappa shape index (κ2) is 14.9. The summed E-state index contributed by atoms with van der Waals surface area (Å²) in [5.74, 6) is 0.108. The van der Waals surface area contributed by atoms with Gasteiger partial charge in [-0.3, -0.25) is 4.79 Å². The number of rotatable bonds is 13. The van der Waals surface area contributed by atoms with Crippen LogP contribution in [0.5, 0.6) is 5.75 Å². The zero-order valence-corrected chi connectivity index (χ0v) is 22.0. The Morgan fingerprint density at radius 1 is 0.889 bits per heavy atom. The second-order valence-corrected chi connectivity index (χ2v) is 10.9. The third kappa shape index (κ3) is 9.63. The number of benzene rings is 1. The molecule has 0 heterocycles. The molecule has 0 aliphatic heterocycles. The van der Waals surface area contributed by atoms with Crippen molar-refractivity contribution in [2.24, 2.45) is 11.8 Å². The summed E-state index contributed by atoms with van der Waals surface area (Å²) in [5.41, 5.74) is 1.21. The van der Waals surface area contributed by atoms with Crippen molar-refractivity contribution in [3.63, 3.8) is 0 Å². The van der Waals surface area contributed by atoms with Crippen LogP contribution < -0.4 is 4.74 Å². The molecule has 2 saturated carbocycles. The van der Waals surface area contributed by atoms with Crippen molar-refractivity contribution in [3.8, 4) is 5.75 Å². The number of halogens is 3. The predicted octanol–water partition coefficient (Wildman–Crippen LogP) is 9.14. The Hall–Kier alpha value is -1.72. The molecular weight excluding hydrogens is 465 g/mol. The quantitative estimate of drug-likeness (QED) is 0.196. The Kier molecular flexibility index (Phi) is 11.9. The van der Waals surface area contributed by atoms with Crippen molar-refractivity contribution in [1.29, 1.82) is 0 Å². The first kappa shape index (κ1) is 28.8. The molecule has 0 spiro atoms. The third-order valence-corrected chi connectivity index (χ3v) is 8.07. The maximum Gasteiger partial charge on any atom is 0.425 e. The molecule has 0 saturated heterocycles. The Labute approximate surface area is 215 Å². The highest BCUT2D eigenvalue weighted by Crippen LogP contribution is 2.39. The topological polar surface area (TPSA) is 35.5 Å². The van der Waals surface area contributed by atoms with Crippen LogP contribution in [0.1, 0.15) is 121 Å². The normalized spacial score (nSPS) is 22.2. The number of carbonyl (C=O) groups is 1. The second-order valence-electron chi connectivity index (χ2n) is 10.9. The molecule has 204 valence electrons. The maximum atomic E-state index is 13.6. The molecule has 6 heteroatoms. The monoisotopic (exact) mass is 510 g/mol. The molecule has 0 amide bonds. The number of ether oxygens (including phenoxy) is 2. The first-order valence-corrected chi connectivity index (χ1v) is 14.4. The average Bonchev–Trinajstić information content (AvgIpc) is 2.88. The number of alkyl halides is 3. The van der Waals surface area contributed by atoms with Crippen LogP contribution in [0, 0.1) is 11.8 Å². The highest BCUT2D eigenvalue weighted by atomic mass is 19.4. The van der Waals surface area contributed by atoms with E-state index in [1.54, 1.807) is 0 Å². The van der Waals surface area contributed by atoms with Crippen molar-refractivity contribution in [1.82, 2.24) is 0 Å². The van der Waals surface area contributed by atoms with Gasteiger partial charge < -0.3 is 9.47 Å². The van der Waals surface area contributed by atoms with Gasteiger partial charge in [-0.25, -0.2) is 0 Å². The summed E-state index contributed by atoms with van der Waals surface area (Å²) in [4.78, 5) is 12.6. The van der Waals surface area contributed by atoms with E-state index in [1.165, 1.54) is 37.7 Å².